The average Bonchev–Trinajstić information content (AvgIpc) is 2.18. The molecular weight excluding hydrogens is 238 g/mol. The van der Waals surface area contributed by atoms with Gasteiger partial charge in [-0.05, 0) is 12.1 Å². The number of aromatic nitrogens is 1. The van der Waals surface area contributed by atoms with Crippen LogP contribution in [0.1, 0.15) is 12.6 Å². The lowest BCUT2D eigenvalue weighted by atomic mass is 10.3. The molecule has 0 aliphatic rings. The van der Waals surface area contributed by atoms with Gasteiger partial charge in [0.05, 0.1) is 16.3 Å². The van der Waals surface area contributed by atoms with Crippen LogP contribution in [0.15, 0.2) is 17.0 Å². The largest absolute Gasteiger partial charge is 0.235 e. The molecule has 1 heterocycles. The summed E-state index contributed by atoms with van der Waals surface area (Å²) in [5, 5.41) is 0.131. The first-order chi connectivity index (χ1) is 7.01. The van der Waals surface area contributed by atoms with Gasteiger partial charge < -0.3 is 0 Å². The van der Waals surface area contributed by atoms with Gasteiger partial charge >= 0.3 is 0 Å². The summed E-state index contributed by atoms with van der Waals surface area (Å²) >= 11 is 5.59. The summed E-state index contributed by atoms with van der Waals surface area (Å²) in [6.45, 7) is 1.51. The molecule has 0 N–H and O–H groups in total. The minimum Gasteiger partial charge on any atom is -0.235 e. The highest BCUT2D eigenvalue weighted by Crippen LogP contribution is 2.18. The molecule has 0 spiro atoms. The van der Waals surface area contributed by atoms with Crippen molar-refractivity contribution >= 4 is 33.5 Å². The molecule has 80 valence electrons. The van der Waals surface area contributed by atoms with Gasteiger partial charge in [0.2, 0.25) is 0 Å². The molecule has 1 aromatic heterocycles. The van der Waals surface area contributed by atoms with Crippen LogP contribution in [0.5, 0.6) is 0 Å². The first kappa shape index (κ1) is 11.9. The summed E-state index contributed by atoms with van der Waals surface area (Å²) < 4.78 is 23.1. The molecule has 4 nitrogen and oxygen atoms in total. The second-order valence-electron chi connectivity index (χ2n) is 2.68. The average molecular weight is 246 g/mol. The van der Waals surface area contributed by atoms with E-state index in [1.807, 2.05) is 0 Å². The molecule has 0 aliphatic carbocycles. The third-order valence-electron chi connectivity index (χ3n) is 1.76. The summed E-state index contributed by atoms with van der Waals surface area (Å²) in [4.78, 5) is 13.9. The Labute approximate surface area is 92.5 Å². The van der Waals surface area contributed by atoms with Crippen molar-refractivity contribution in [3.05, 3.63) is 23.0 Å². The third kappa shape index (κ3) is 2.65. The van der Waals surface area contributed by atoms with E-state index >= 15 is 0 Å². The number of hydrogen-bond acceptors (Lipinski definition) is 4. The van der Waals surface area contributed by atoms with Crippen LogP contribution < -0.4 is 0 Å². The molecule has 0 saturated carbocycles. The molecule has 15 heavy (non-hydrogen) atoms. The highest BCUT2D eigenvalue weighted by atomic mass is 35.5. The summed E-state index contributed by atoms with van der Waals surface area (Å²) in [5.41, 5.74) is 0.0272. The highest BCUT2D eigenvalue weighted by Gasteiger charge is 2.16. The monoisotopic (exact) mass is 245 g/mol. The van der Waals surface area contributed by atoms with Crippen molar-refractivity contribution in [1.82, 2.24) is 4.98 Å². The van der Waals surface area contributed by atoms with Gasteiger partial charge in [-0.2, -0.15) is 0 Å². The Kier molecular flexibility index (Phi) is 3.63. The molecule has 0 unspecified atom stereocenters. The standard InChI is InChI=1S/C9H8ClNO3S/c1-2-15(13,14)8-3-4-9(10)11-7(8)5-6-12/h3-5H,2H2,1H3. The number of pyridine rings is 1. The fraction of sp³-hybridized carbons (Fsp3) is 0.222. The minimum atomic E-state index is -3.40. The number of nitrogens with zero attached hydrogens (tertiary/aromatic N) is 1. The normalized spacial score (nSPS) is 10.8. The molecule has 1 rings (SSSR count). The first-order valence-corrected chi connectivity index (χ1v) is 6.14. The van der Waals surface area contributed by atoms with Gasteiger partial charge in [-0.1, -0.05) is 18.5 Å². The van der Waals surface area contributed by atoms with E-state index in [-0.39, 0.29) is 21.5 Å². The van der Waals surface area contributed by atoms with E-state index in [1.165, 1.54) is 25.0 Å². The summed E-state index contributed by atoms with van der Waals surface area (Å²) in [6.07, 6.45) is 0.953. The van der Waals surface area contributed by atoms with Crippen LogP contribution >= 0.6 is 11.6 Å². The molecular formula is C9H8ClNO3S. The summed E-state index contributed by atoms with van der Waals surface area (Å²) in [7, 11) is -3.40. The van der Waals surface area contributed by atoms with Crippen molar-refractivity contribution < 1.29 is 13.2 Å². The fourth-order valence-corrected chi connectivity index (χ4v) is 2.18. The number of halogens is 1. The molecule has 0 atom stereocenters. The third-order valence-corrected chi connectivity index (χ3v) is 3.75. The molecule has 0 aromatic carbocycles. The smallest absolute Gasteiger partial charge is 0.180 e. The van der Waals surface area contributed by atoms with Crippen LogP contribution in [0, 0.1) is 0 Å². The van der Waals surface area contributed by atoms with Crippen LogP contribution in [-0.2, 0) is 14.6 Å². The summed E-state index contributed by atoms with van der Waals surface area (Å²) in [5.74, 6) is 1.43. The topological polar surface area (TPSA) is 64.1 Å². The van der Waals surface area contributed by atoms with Crippen LogP contribution in [0.25, 0.3) is 6.08 Å². The lowest BCUT2D eigenvalue weighted by Gasteiger charge is -2.04. The summed E-state index contributed by atoms with van der Waals surface area (Å²) in [6, 6.07) is 2.70. The van der Waals surface area contributed by atoms with Crippen molar-refractivity contribution in [3.63, 3.8) is 0 Å². The van der Waals surface area contributed by atoms with Crippen LogP contribution in [0.2, 0.25) is 5.15 Å². The Hall–Kier alpha value is -1.16. The maximum Gasteiger partial charge on any atom is 0.180 e. The van der Waals surface area contributed by atoms with E-state index in [2.05, 4.69) is 4.98 Å². The Bertz CT molecular complexity index is 518. The Balaban J connectivity index is 3.49. The molecule has 0 radical (unpaired) electrons. The van der Waals surface area contributed by atoms with Crippen molar-refractivity contribution in [2.75, 3.05) is 5.75 Å². The zero-order valence-electron chi connectivity index (χ0n) is 7.90. The number of hydrogen-bond donors (Lipinski definition) is 0. The molecule has 0 fully saturated rings. The SMILES string of the molecule is CCS(=O)(=O)c1ccc(Cl)nc1C=C=O. The van der Waals surface area contributed by atoms with E-state index in [0.717, 1.165) is 6.08 Å². The van der Waals surface area contributed by atoms with E-state index in [1.54, 1.807) is 0 Å². The van der Waals surface area contributed by atoms with Gasteiger partial charge in [0.25, 0.3) is 0 Å². The van der Waals surface area contributed by atoms with Gasteiger partial charge in [0.1, 0.15) is 11.1 Å². The van der Waals surface area contributed by atoms with Gasteiger partial charge in [0, 0.05) is 6.08 Å². The quantitative estimate of drug-likeness (QED) is 0.596. The van der Waals surface area contributed by atoms with Crippen molar-refractivity contribution in [2.24, 2.45) is 0 Å². The number of sulfone groups is 1. The molecule has 0 aliphatic heterocycles. The van der Waals surface area contributed by atoms with Crippen LogP contribution in [0.3, 0.4) is 0 Å². The first-order valence-electron chi connectivity index (χ1n) is 4.11. The van der Waals surface area contributed by atoms with Crippen LogP contribution in [0.4, 0.5) is 0 Å². The highest BCUT2D eigenvalue weighted by molar-refractivity contribution is 7.91. The Morgan fingerprint density at radius 1 is 1.53 bits per heavy atom. The maximum atomic E-state index is 11.6. The van der Waals surface area contributed by atoms with Gasteiger partial charge in [-0.25, -0.2) is 18.2 Å². The van der Waals surface area contributed by atoms with Gasteiger partial charge in [0.15, 0.2) is 9.84 Å². The molecule has 1 aromatic rings. The van der Waals surface area contributed by atoms with E-state index < -0.39 is 9.84 Å². The van der Waals surface area contributed by atoms with E-state index in [0.29, 0.717) is 0 Å². The van der Waals surface area contributed by atoms with Crippen molar-refractivity contribution in [1.29, 1.82) is 0 Å². The Morgan fingerprint density at radius 2 is 2.20 bits per heavy atom. The Morgan fingerprint density at radius 3 is 2.73 bits per heavy atom. The number of rotatable bonds is 3. The molecule has 6 heteroatoms. The second kappa shape index (κ2) is 4.57. The van der Waals surface area contributed by atoms with Crippen LogP contribution in [-0.4, -0.2) is 25.1 Å². The van der Waals surface area contributed by atoms with E-state index in [9.17, 15) is 13.2 Å². The minimum absolute atomic E-state index is 0.00208. The van der Waals surface area contributed by atoms with Crippen molar-refractivity contribution in [3.8, 4) is 0 Å². The molecule has 0 bridgehead atoms. The lowest BCUT2D eigenvalue weighted by molar-refractivity contribution is 0.570. The number of carbonyl (C=O) groups excluding carboxylic acids is 1. The second-order valence-corrected chi connectivity index (χ2v) is 5.32. The van der Waals surface area contributed by atoms with E-state index in [4.69, 9.17) is 11.6 Å². The predicted molar refractivity (Wildman–Crippen MR) is 57.1 cm³/mol. The molecule has 0 amide bonds. The fourth-order valence-electron chi connectivity index (χ4n) is 1.01. The maximum absolute atomic E-state index is 11.6. The lowest BCUT2D eigenvalue weighted by Crippen LogP contribution is -2.06. The zero-order valence-corrected chi connectivity index (χ0v) is 9.47. The van der Waals surface area contributed by atoms with Gasteiger partial charge in [-0.3, -0.25) is 0 Å². The molecule has 0 saturated heterocycles. The van der Waals surface area contributed by atoms with Crippen molar-refractivity contribution in [2.45, 2.75) is 11.8 Å². The van der Waals surface area contributed by atoms with Gasteiger partial charge in [-0.15, -0.1) is 0 Å². The predicted octanol–water partition coefficient (Wildman–Crippen LogP) is 1.37. The zero-order chi connectivity index (χ0) is 11.5.